The van der Waals surface area contributed by atoms with Crippen molar-refractivity contribution < 1.29 is 18.3 Å². The van der Waals surface area contributed by atoms with E-state index in [1.54, 1.807) is 30.9 Å². The highest BCUT2D eigenvalue weighted by molar-refractivity contribution is 5.92. The lowest BCUT2D eigenvalue weighted by molar-refractivity contribution is -0.0677. The number of Topliss-reactive ketones (excluding diaryl/α,β-unsaturated/α-hetero) is 1. The van der Waals surface area contributed by atoms with Gasteiger partial charge in [-0.05, 0) is 56.0 Å². The van der Waals surface area contributed by atoms with Crippen molar-refractivity contribution in [1.82, 2.24) is 34.8 Å². The van der Waals surface area contributed by atoms with Crippen LogP contribution in [0.2, 0.25) is 0 Å². The van der Waals surface area contributed by atoms with E-state index in [0.717, 1.165) is 47.6 Å². The number of alkyl halides is 1. The zero-order valence-electron chi connectivity index (χ0n) is 23.4. The number of hydrogen-bond donors (Lipinski definition) is 1. The molecule has 1 N–H and O–H groups in total. The Morgan fingerprint density at radius 3 is 2.80 bits per heavy atom. The van der Waals surface area contributed by atoms with Crippen molar-refractivity contribution in [2.75, 3.05) is 31.7 Å². The Morgan fingerprint density at radius 1 is 1.22 bits per heavy atom. The second-order valence-corrected chi connectivity index (χ2v) is 11.4. The second kappa shape index (κ2) is 11.1. The molecule has 0 saturated carbocycles. The van der Waals surface area contributed by atoms with Crippen molar-refractivity contribution in [2.24, 2.45) is 7.05 Å². The predicted molar refractivity (Wildman–Crippen MR) is 149 cm³/mol. The molecule has 0 amide bonds. The lowest BCUT2D eigenvalue weighted by Crippen LogP contribution is -2.48. The molecule has 3 aromatic heterocycles. The van der Waals surface area contributed by atoms with E-state index >= 15 is 0 Å². The summed E-state index contributed by atoms with van der Waals surface area (Å²) in [4.78, 5) is 24.8. The summed E-state index contributed by atoms with van der Waals surface area (Å²) in [6.07, 6.45) is 6.34. The monoisotopic (exact) mass is 560 g/mol. The fourth-order valence-corrected chi connectivity index (χ4v) is 5.21. The van der Waals surface area contributed by atoms with Crippen LogP contribution in [0.25, 0.3) is 11.3 Å². The maximum Gasteiger partial charge on any atom is 0.284 e. The number of fused-ring (bicyclic) bond motifs is 1. The number of aromatic nitrogens is 6. The summed E-state index contributed by atoms with van der Waals surface area (Å²) >= 11 is 0. The molecule has 1 unspecified atom stereocenters. The number of aryl methyl sites for hydroxylation is 1. The van der Waals surface area contributed by atoms with Gasteiger partial charge in [-0.3, -0.25) is 14.4 Å². The third-order valence-electron chi connectivity index (χ3n) is 7.78. The summed E-state index contributed by atoms with van der Waals surface area (Å²) < 4.78 is 26.2. The van der Waals surface area contributed by atoms with Gasteiger partial charge in [0.1, 0.15) is 6.67 Å². The third kappa shape index (κ3) is 5.75. The fourth-order valence-electron chi connectivity index (χ4n) is 5.21. The summed E-state index contributed by atoms with van der Waals surface area (Å²) in [5, 5.41) is 15.3. The summed E-state index contributed by atoms with van der Waals surface area (Å²) in [6, 6.07) is 8.55. The van der Waals surface area contributed by atoms with Crippen LogP contribution in [0.5, 0.6) is 0 Å². The summed E-state index contributed by atoms with van der Waals surface area (Å²) in [5.74, 6) is 0.281. The largest absolute Gasteiger partial charge is 0.418 e. The smallest absolute Gasteiger partial charge is 0.284 e. The van der Waals surface area contributed by atoms with Crippen LogP contribution in [0.4, 0.5) is 16.0 Å². The number of anilines is 2. The van der Waals surface area contributed by atoms with E-state index in [4.69, 9.17) is 14.1 Å². The Kier molecular flexibility index (Phi) is 7.35. The first-order valence-electron chi connectivity index (χ1n) is 13.8. The number of nitrogens with one attached hydrogen (secondary N) is 1. The third-order valence-corrected chi connectivity index (χ3v) is 7.78. The molecule has 0 aliphatic carbocycles. The minimum Gasteiger partial charge on any atom is -0.418 e. The maximum atomic E-state index is 13.4. The van der Waals surface area contributed by atoms with Gasteiger partial charge in [0.05, 0.1) is 42.2 Å². The molecule has 4 aromatic rings. The van der Waals surface area contributed by atoms with E-state index < -0.39 is 12.1 Å². The first-order chi connectivity index (χ1) is 19.8. The van der Waals surface area contributed by atoms with Crippen LogP contribution in [0.3, 0.4) is 0 Å². The summed E-state index contributed by atoms with van der Waals surface area (Å²) in [5.41, 5.74) is 3.90. The highest BCUT2D eigenvalue weighted by Gasteiger charge is 2.33. The Hall–Kier alpha value is -4.03. The minimum atomic E-state index is -0.934. The second-order valence-electron chi connectivity index (χ2n) is 11.4. The van der Waals surface area contributed by atoms with Crippen LogP contribution < -0.4 is 5.32 Å². The molecule has 0 spiro atoms. The van der Waals surface area contributed by atoms with Gasteiger partial charge in [-0.25, -0.2) is 14.4 Å². The number of carbonyl (C=O) groups excluding carboxylic acids is 1. The lowest BCUT2D eigenvalue weighted by Gasteiger charge is -2.36. The zero-order chi connectivity index (χ0) is 28.6. The number of halogens is 1. The lowest BCUT2D eigenvalue weighted by atomic mass is 9.87. The van der Waals surface area contributed by atoms with E-state index in [0.29, 0.717) is 25.2 Å². The van der Waals surface area contributed by atoms with Crippen molar-refractivity contribution in [3.8, 4) is 11.3 Å². The van der Waals surface area contributed by atoms with Gasteiger partial charge in [-0.15, -0.1) is 10.2 Å². The first kappa shape index (κ1) is 27.2. The number of ether oxygens (including phenoxy) is 1. The van der Waals surface area contributed by atoms with E-state index in [2.05, 4.69) is 42.6 Å². The van der Waals surface area contributed by atoms with Crippen LogP contribution in [0.15, 0.2) is 47.3 Å². The van der Waals surface area contributed by atoms with Crippen molar-refractivity contribution in [2.45, 2.75) is 50.6 Å². The van der Waals surface area contributed by atoms with E-state index in [9.17, 15) is 9.18 Å². The highest BCUT2D eigenvalue weighted by Crippen LogP contribution is 2.36. The number of rotatable bonds is 9. The van der Waals surface area contributed by atoms with Crippen LogP contribution >= 0.6 is 0 Å². The molecule has 5 heterocycles. The van der Waals surface area contributed by atoms with Gasteiger partial charge in [0.2, 0.25) is 17.6 Å². The molecule has 6 rings (SSSR count). The quantitative estimate of drug-likeness (QED) is 0.298. The molecule has 1 atom stereocenters. The molecule has 1 aromatic carbocycles. The SMILES string of the molecule is Cn1cc(Nc2nccc(-c3ccc4c(c3)CN(C3COC3)CCC4CC(=O)c3nnc(C(C)(C)CF)o3)n2)cn1. The van der Waals surface area contributed by atoms with E-state index in [1.165, 1.54) is 0 Å². The number of nitrogens with zero attached hydrogens (tertiary/aromatic N) is 7. The number of carbonyl (C=O) groups is 1. The van der Waals surface area contributed by atoms with Crippen LogP contribution in [0, 0.1) is 0 Å². The minimum absolute atomic E-state index is 0.0321. The predicted octanol–water partition coefficient (Wildman–Crippen LogP) is 4.21. The maximum absolute atomic E-state index is 13.4. The standard InChI is InChI=1S/C29H33FN8O3/c1-29(2,17-30)27-36-35-26(41-27)25(39)11-18-7-9-38(22-15-40-16-22)13-20-10-19(4-5-23(18)20)24-6-8-31-28(34-24)33-21-12-32-37(3)14-21/h4-6,8,10,12,14,18,22H,7,9,11,13,15-17H2,1-3H3,(H,31,33,34). The molecule has 0 radical (unpaired) electrons. The Balaban J connectivity index is 1.27. The molecule has 41 heavy (non-hydrogen) atoms. The fraction of sp³-hybridized carbons (Fsp3) is 0.448. The molecule has 2 aliphatic heterocycles. The Morgan fingerprint density at radius 2 is 2.07 bits per heavy atom. The first-order valence-corrected chi connectivity index (χ1v) is 13.8. The van der Waals surface area contributed by atoms with Crippen LogP contribution in [-0.4, -0.2) is 73.1 Å². The number of benzene rings is 1. The van der Waals surface area contributed by atoms with Crippen molar-refractivity contribution in [3.05, 3.63) is 65.8 Å². The van der Waals surface area contributed by atoms with E-state index in [1.807, 2.05) is 25.4 Å². The van der Waals surface area contributed by atoms with Gasteiger partial charge in [-0.2, -0.15) is 5.10 Å². The molecule has 11 nitrogen and oxygen atoms in total. The van der Waals surface area contributed by atoms with Gasteiger partial charge in [0.25, 0.3) is 5.89 Å². The topological polar surface area (TPSA) is 124 Å². The van der Waals surface area contributed by atoms with Gasteiger partial charge in [-0.1, -0.05) is 12.1 Å². The average molecular weight is 561 g/mol. The van der Waals surface area contributed by atoms with Gasteiger partial charge in [0, 0.05) is 38.0 Å². The highest BCUT2D eigenvalue weighted by atomic mass is 19.1. The van der Waals surface area contributed by atoms with Gasteiger partial charge in [0.15, 0.2) is 0 Å². The molecule has 2 aliphatic rings. The van der Waals surface area contributed by atoms with Gasteiger partial charge < -0.3 is 14.5 Å². The molecule has 1 saturated heterocycles. The summed E-state index contributed by atoms with van der Waals surface area (Å²) in [6.45, 7) is 5.70. The van der Waals surface area contributed by atoms with E-state index in [-0.39, 0.29) is 29.9 Å². The van der Waals surface area contributed by atoms with Crippen LogP contribution in [0.1, 0.15) is 60.3 Å². The zero-order valence-corrected chi connectivity index (χ0v) is 23.4. The Labute approximate surface area is 237 Å². The van der Waals surface area contributed by atoms with Gasteiger partial charge >= 0.3 is 0 Å². The number of ketones is 1. The summed E-state index contributed by atoms with van der Waals surface area (Å²) in [7, 11) is 1.85. The van der Waals surface area contributed by atoms with Crippen LogP contribution in [-0.2, 0) is 23.7 Å². The molecule has 1 fully saturated rings. The molecule has 0 bridgehead atoms. The Bertz CT molecular complexity index is 1550. The molecular formula is C29H33FN8O3. The number of hydrogen-bond acceptors (Lipinski definition) is 10. The molecule has 12 heteroatoms. The van der Waals surface area contributed by atoms with Crippen molar-refractivity contribution in [1.29, 1.82) is 0 Å². The molecule has 214 valence electrons. The molecular weight excluding hydrogens is 527 g/mol. The van der Waals surface area contributed by atoms with Crippen molar-refractivity contribution in [3.63, 3.8) is 0 Å². The van der Waals surface area contributed by atoms with Crippen molar-refractivity contribution >= 4 is 17.4 Å². The normalized spacial score (nSPS) is 18.0. The average Bonchev–Trinajstić information content (AvgIpc) is 3.56.